The topological polar surface area (TPSA) is 586 Å². The van der Waals surface area contributed by atoms with Crippen molar-refractivity contribution in [3.05, 3.63) is 144 Å². The number of nitrogens with zero attached hydrogens (tertiary/aromatic N) is 6. The predicted molar refractivity (Wildman–Crippen MR) is 534 cm³/mol. The maximum Gasteiger partial charge on any atom is 1.00 e. The fourth-order valence-electron chi connectivity index (χ4n) is 13.9. The summed E-state index contributed by atoms with van der Waals surface area (Å²) in [5, 5.41) is 27.8. The van der Waals surface area contributed by atoms with Crippen LogP contribution in [0.15, 0.2) is 121 Å². The zero-order chi connectivity index (χ0) is 113. The van der Waals surface area contributed by atoms with Gasteiger partial charge in [0.15, 0.2) is 5.78 Å². The van der Waals surface area contributed by atoms with Crippen LogP contribution in [0.1, 0.15) is 206 Å². The molecule has 11 atom stereocenters. The second kappa shape index (κ2) is 65.3. The van der Waals surface area contributed by atoms with Crippen LogP contribution >= 0.6 is 0 Å². The molecule has 825 valence electrons. The summed E-state index contributed by atoms with van der Waals surface area (Å²) in [6.45, 7) is 37.8. The molecule has 6 heterocycles. The number of amides is 8. The van der Waals surface area contributed by atoms with Gasteiger partial charge in [0.1, 0.15) is 77.0 Å². The van der Waals surface area contributed by atoms with E-state index in [0.29, 0.717) is 45.4 Å². The van der Waals surface area contributed by atoms with Crippen molar-refractivity contribution in [1.29, 1.82) is 0 Å². The third-order valence-corrected chi connectivity index (χ3v) is 20.1. The van der Waals surface area contributed by atoms with Gasteiger partial charge in [-0.15, -0.1) is 0 Å². The molecule has 0 aliphatic carbocycles. The van der Waals surface area contributed by atoms with E-state index in [0.717, 1.165) is 35.4 Å². The second-order valence-corrected chi connectivity index (χ2v) is 40.0. The van der Waals surface area contributed by atoms with Crippen molar-refractivity contribution in [2.24, 2.45) is 11.5 Å². The molecule has 4 unspecified atom stereocenters. The molecule has 8 amide bonds. The first-order chi connectivity index (χ1) is 68.8. The smallest absolute Gasteiger partial charge is 0.793 e. The van der Waals surface area contributed by atoms with Crippen molar-refractivity contribution in [3.63, 3.8) is 0 Å². The Morgan fingerprint density at radius 2 is 0.658 bits per heavy atom. The number of likely N-dealkylation sites (tertiary alicyclic amines) is 6. The number of esters is 5. The molecule has 10 rings (SSSR count). The van der Waals surface area contributed by atoms with Crippen molar-refractivity contribution in [1.82, 2.24) is 45.3 Å². The van der Waals surface area contributed by atoms with E-state index in [1.165, 1.54) is 72.5 Å². The molecule has 6 aliphatic rings. The summed E-state index contributed by atoms with van der Waals surface area (Å²) in [4.78, 5) is 211. The Hall–Kier alpha value is -12.7. The largest absolute Gasteiger partial charge is 1.00 e. The molecule has 9 N–H and O–H groups in total. The van der Waals surface area contributed by atoms with Crippen molar-refractivity contribution in [2.45, 2.75) is 310 Å². The van der Waals surface area contributed by atoms with Gasteiger partial charge in [-0.05, 0) is 166 Å². The Labute approximate surface area is 894 Å². The minimum absolute atomic E-state index is 0. The van der Waals surface area contributed by atoms with Crippen LogP contribution in [0.4, 0.5) is 38.4 Å². The maximum absolute atomic E-state index is 12.4. The van der Waals surface area contributed by atoms with Crippen molar-refractivity contribution in [3.8, 4) is 0 Å². The van der Waals surface area contributed by atoms with Gasteiger partial charge in [-0.3, -0.25) is 34.1 Å². The van der Waals surface area contributed by atoms with E-state index in [2.05, 4.69) is 52.6 Å². The van der Waals surface area contributed by atoms with Crippen LogP contribution in [0.3, 0.4) is 0 Å². The summed E-state index contributed by atoms with van der Waals surface area (Å²) in [5.41, 5.74) is 11.4. The molecule has 6 fully saturated rings. The number of ketones is 1. The number of methoxy groups -OCH3 is 5. The van der Waals surface area contributed by atoms with Gasteiger partial charge < -0.3 is 117 Å². The van der Waals surface area contributed by atoms with Gasteiger partial charge in [0, 0.05) is 91.4 Å². The van der Waals surface area contributed by atoms with Gasteiger partial charge >= 0.3 is 120 Å². The van der Waals surface area contributed by atoms with E-state index < -0.39 is 172 Å². The van der Waals surface area contributed by atoms with E-state index in [4.69, 9.17) is 58.8 Å². The first-order valence-electron chi connectivity index (χ1n) is 47.5. The average Bonchev–Trinajstić information content (AvgIpc) is 1.68. The van der Waals surface area contributed by atoms with E-state index in [9.17, 15) is 91.7 Å². The number of benzene rings is 4. The number of β-amino-alcohol motifs (C(OH)–C–C–N with tert-alkyl or cyclic N) is 1. The van der Waals surface area contributed by atoms with Crippen molar-refractivity contribution < 1.29 is 197 Å². The SMILES string of the molecule is CC(=O)OOC(C)=O.CC(C)(C)OC(=O)N1CC(NC(=O)OCc2ccccc2)C[C@@H]1CO.COC(=O)[C@H]1CC(=O)CN1C(=O)OC(C)(C)C.COC(=O)[C@H]1CC(N)CN1C(=O)OC(C)(C)C.COC(=O)[C@H]1CC(NC(=O)OCc2ccccc2)CN1C(=O)OC(C)(C)C.COC(=O)[C@H]1CC(NCc2ccccc2)CN1C(=O)OC(C)(C)C.COC(=O)[C@H]1C[C@@H](O)CN1C(=O)OC(C)(C)C.NCc1ccccc1.[B-]OC(C)=O.[Na+]. The van der Waals surface area contributed by atoms with Crippen LogP contribution in [0.5, 0.6) is 0 Å². The fraction of sp³-hybridized carbons (Fsp3) is 0.594. The zero-order valence-electron chi connectivity index (χ0n) is 90.7. The average molecular weight is 2110 g/mol. The first kappa shape index (κ1) is 134. The summed E-state index contributed by atoms with van der Waals surface area (Å²) >= 11 is 0. The molecule has 149 heavy (non-hydrogen) atoms. The van der Waals surface area contributed by atoms with Gasteiger partial charge in [-0.1, -0.05) is 121 Å². The van der Waals surface area contributed by atoms with E-state index in [-0.39, 0.29) is 125 Å². The number of rotatable bonds is 16. The minimum atomic E-state index is -0.859. The number of aliphatic hydroxyl groups excluding tert-OH is 2. The van der Waals surface area contributed by atoms with Crippen LogP contribution in [-0.4, -0.2) is 331 Å². The summed E-state index contributed by atoms with van der Waals surface area (Å²) in [6, 6.07) is 33.7. The zero-order valence-corrected chi connectivity index (χ0v) is 92.7. The van der Waals surface area contributed by atoms with Gasteiger partial charge in [0.2, 0.25) is 5.97 Å². The summed E-state index contributed by atoms with van der Waals surface area (Å²) < 4.78 is 69.0. The molecule has 0 spiro atoms. The Bertz CT molecular complexity index is 4810. The van der Waals surface area contributed by atoms with Gasteiger partial charge in [0.05, 0.1) is 79.5 Å². The second-order valence-electron chi connectivity index (χ2n) is 40.0. The molecule has 0 saturated carbocycles. The summed E-state index contributed by atoms with van der Waals surface area (Å²) in [5.74, 6) is -4.47. The number of ether oxygens (including phenoxy) is 13. The third-order valence-electron chi connectivity index (χ3n) is 20.1. The maximum atomic E-state index is 12.4. The molecule has 4 aromatic carbocycles. The quantitative estimate of drug-likeness (QED) is 0.0203. The number of hydrogen-bond acceptors (Lipinski definition) is 38. The van der Waals surface area contributed by atoms with Crippen molar-refractivity contribution in [2.75, 3.05) is 81.4 Å². The fourth-order valence-corrected chi connectivity index (χ4v) is 13.9. The third kappa shape index (κ3) is 54.9. The number of carbonyl (C=O) groups is 17. The predicted octanol–water partition coefficient (Wildman–Crippen LogP) is 6.65. The van der Waals surface area contributed by atoms with Crippen LogP contribution in [0, 0.1) is 0 Å². The Balaban J connectivity index is 0.000000864. The monoisotopic (exact) mass is 2110 g/mol. The Morgan fingerprint density at radius 1 is 0.376 bits per heavy atom. The van der Waals surface area contributed by atoms with E-state index in [1.807, 2.05) is 121 Å². The summed E-state index contributed by atoms with van der Waals surface area (Å²) in [7, 11) is 10.7. The number of Topliss-reactive ketones (excluding diaryl/α,β-unsaturated/α-hetero) is 1. The van der Waals surface area contributed by atoms with Crippen LogP contribution in [0.2, 0.25) is 0 Å². The molecule has 6 aliphatic heterocycles. The molecular weight excluding hydrogens is 1960 g/mol. The Kier molecular flexibility index (Phi) is 58.9. The van der Waals surface area contributed by atoms with Crippen LogP contribution < -0.4 is 57.0 Å². The molecule has 0 bridgehead atoms. The molecular formula is C101H152BN11NaO35. The number of alkyl carbamates (subject to hydrolysis) is 2. The number of nitrogens with one attached hydrogen (secondary N) is 3. The van der Waals surface area contributed by atoms with E-state index in [1.54, 1.807) is 125 Å². The first-order valence-corrected chi connectivity index (χ1v) is 47.5. The standard InChI is InChI=1S/C19H26N2O6.C18H26N2O5.C18H26N2O4.C11H20N2O4.C11H19NO5.C11H17NO5.C7H9N.C4H6O4.C2H3BO2.Na/c1-19(2,3)27-18(24)21-11-14(10-15(21)16(22)25-4)20-17(23)26-12-13-8-6-5-7-9-13;1-18(2,3)25-17(23)20-10-14(9-15(20)11-21)19-16(22)24-12-13-7-5-4-6-8-13;1-18(2,3)24-17(22)20-12-14(10-15(20)16(21)23-4)19-11-13-8-6-5-7-9-13;1-11(2,3)17-10(15)13-6-7(12)5-8(13)9(14)16-4;2*1-11(2,3)17-10(15)12-6-7(13)5-8(12)9(14)16-4;8-6-7-4-2-1-3-5-7;1-3(5)7-8-4(2)6;1-2(4)5-3;/h5-9,14-15H,10-12H2,1-4H3,(H,20,23);4-8,14-15,21H,9-12H2,1-3H3,(H,19,22);5-9,14-15,19H,10-12H2,1-4H3;7-8H,5-6,12H2,1-4H3;7-8,13H,5-6H2,1-4H3;8H,5-6H2,1-4H3;1-5H,6,8H2;1-2H3;1H3;/q;;;;;;;;-1;+1/t3*14?,15-;7?,8-;7-,8-;8-;;;;/m111111..../s1. The summed E-state index contributed by atoms with van der Waals surface area (Å²) in [6.07, 6.45) is -3.49. The van der Waals surface area contributed by atoms with Crippen LogP contribution in [-0.2, 0) is 145 Å². The van der Waals surface area contributed by atoms with Gasteiger partial charge in [0.25, 0.3) is 0 Å². The van der Waals surface area contributed by atoms with E-state index >= 15 is 0 Å². The number of aliphatic hydroxyl groups is 2. The number of hydrogen-bond donors (Lipinski definition) is 7. The minimum Gasteiger partial charge on any atom is -0.793 e. The van der Waals surface area contributed by atoms with Crippen molar-refractivity contribution >= 4 is 110 Å². The molecule has 48 heteroatoms. The molecule has 4 aromatic rings. The normalized spacial score (nSPS) is 19.3. The molecule has 3 radical (unpaired) electrons. The molecule has 6 saturated heterocycles. The molecule has 0 aromatic heterocycles. The van der Waals surface area contributed by atoms with Gasteiger partial charge in [-0.25, -0.2) is 81.7 Å². The Morgan fingerprint density at radius 3 is 0.980 bits per heavy atom. The molecule has 46 nitrogen and oxygen atoms in total. The number of nitrogens with two attached hydrogens (primary N) is 2. The number of carbonyl (C=O) groups excluding carboxylic acids is 17. The van der Waals surface area contributed by atoms with Gasteiger partial charge in [-0.2, -0.15) is 0 Å². The van der Waals surface area contributed by atoms with Crippen LogP contribution in [0.25, 0.3) is 0 Å².